The van der Waals surface area contributed by atoms with Crippen LogP contribution < -0.4 is 10.6 Å². The maximum Gasteiger partial charge on any atom is 0.416 e. The number of carbonyl (C=O) groups is 2. The van der Waals surface area contributed by atoms with Crippen molar-refractivity contribution in [3.63, 3.8) is 0 Å². The summed E-state index contributed by atoms with van der Waals surface area (Å²) in [6.45, 7) is 0. The maximum absolute atomic E-state index is 14.1. The van der Waals surface area contributed by atoms with Gasteiger partial charge in [0.2, 0.25) is 0 Å². The summed E-state index contributed by atoms with van der Waals surface area (Å²) >= 11 is 12.5. The number of hydrogen-bond donors (Lipinski definition) is 2. The van der Waals surface area contributed by atoms with E-state index in [1.54, 1.807) is 0 Å². The molecule has 188 valence electrons. The van der Waals surface area contributed by atoms with Gasteiger partial charge in [-0.1, -0.05) is 23.2 Å². The van der Waals surface area contributed by atoms with Crippen LogP contribution in [0.2, 0.25) is 10.2 Å². The highest BCUT2D eigenvalue weighted by molar-refractivity contribution is 6.35. The number of nitrogens with one attached hydrogen (secondary N) is 2. The second-order valence-corrected chi connectivity index (χ2v) is 8.93. The van der Waals surface area contributed by atoms with Gasteiger partial charge < -0.3 is 10.6 Å². The highest BCUT2D eigenvalue weighted by atomic mass is 35.5. The van der Waals surface area contributed by atoms with Gasteiger partial charge in [-0.3, -0.25) is 9.59 Å². The zero-order chi connectivity index (χ0) is 26.6. The van der Waals surface area contributed by atoms with Crippen molar-refractivity contribution in [2.45, 2.75) is 12.2 Å². The van der Waals surface area contributed by atoms with Gasteiger partial charge >= 0.3 is 6.18 Å². The van der Waals surface area contributed by atoms with Crippen molar-refractivity contribution in [2.75, 3.05) is 5.32 Å². The fourth-order valence-electron chi connectivity index (χ4n) is 4.28. The smallest absolute Gasteiger partial charge is 0.341 e. The summed E-state index contributed by atoms with van der Waals surface area (Å²) < 4.78 is 67.6. The monoisotopic (exact) mass is 551 g/mol. The predicted octanol–water partition coefficient (Wildman–Crippen LogP) is 6.92. The van der Waals surface area contributed by atoms with Crippen molar-refractivity contribution in [2.24, 2.45) is 0 Å². The SMILES string of the molecule is O=C(Nc1cc2c(Cl)nccc2c2c1C(c1cc(F)ccc1Cl)NC2=O)c1cc(F)cc(C(F)(F)F)c1. The lowest BCUT2D eigenvalue weighted by molar-refractivity contribution is -0.137. The van der Waals surface area contributed by atoms with Gasteiger partial charge in [0.05, 0.1) is 17.2 Å². The Balaban J connectivity index is 1.70. The quantitative estimate of drug-likeness (QED) is 0.214. The third kappa shape index (κ3) is 4.47. The van der Waals surface area contributed by atoms with Crippen molar-refractivity contribution >= 4 is 51.5 Å². The number of anilines is 1. The van der Waals surface area contributed by atoms with E-state index in [9.17, 15) is 31.5 Å². The Labute approximate surface area is 215 Å². The highest BCUT2D eigenvalue weighted by Crippen LogP contribution is 2.43. The number of benzene rings is 3. The molecule has 1 aliphatic rings. The molecule has 5 nitrogen and oxygen atoms in total. The molecule has 0 radical (unpaired) electrons. The molecule has 0 aliphatic carbocycles. The van der Waals surface area contributed by atoms with E-state index < -0.39 is 46.8 Å². The number of halogens is 7. The second-order valence-electron chi connectivity index (χ2n) is 8.16. The Kier molecular flexibility index (Phi) is 6.04. The molecule has 0 fully saturated rings. The summed E-state index contributed by atoms with van der Waals surface area (Å²) in [6, 6.07) is 6.80. The lowest BCUT2D eigenvalue weighted by Gasteiger charge is -2.19. The van der Waals surface area contributed by atoms with Crippen molar-refractivity contribution < 1.29 is 31.5 Å². The van der Waals surface area contributed by atoms with Crippen LogP contribution in [0.4, 0.5) is 27.6 Å². The molecule has 3 aromatic carbocycles. The van der Waals surface area contributed by atoms with Crippen LogP contribution in [0, 0.1) is 11.6 Å². The molecule has 37 heavy (non-hydrogen) atoms. The van der Waals surface area contributed by atoms with Crippen molar-refractivity contribution in [1.82, 2.24) is 10.3 Å². The molecule has 1 aliphatic heterocycles. The van der Waals surface area contributed by atoms with Gasteiger partial charge in [-0.15, -0.1) is 0 Å². The number of amides is 2. The van der Waals surface area contributed by atoms with Gasteiger partial charge in [-0.2, -0.15) is 13.2 Å². The third-order valence-corrected chi connectivity index (χ3v) is 6.50. The normalized spacial score (nSPS) is 15.0. The first-order chi connectivity index (χ1) is 17.4. The molecule has 2 amide bonds. The molecule has 1 aromatic heterocycles. The molecule has 2 N–H and O–H groups in total. The maximum atomic E-state index is 14.1. The minimum Gasteiger partial charge on any atom is -0.341 e. The Morgan fingerprint density at radius 2 is 1.73 bits per heavy atom. The molecule has 2 heterocycles. The zero-order valence-electron chi connectivity index (χ0n) is 18.2. The Morgan fingerprint density at radius 3 is 2.46 bits per heavy atom. The summed E-state index contributed by atoms with van der Waals surface area (Å²) in [6.07, 6.45) is -3.53. The van der Waals surface area contributed by atoms with Crippen LogP contribution in [-0.4, -0.2) is 16.8 Å². The van der Waals surface area contributed by atoms with Gasteiger partial charge in [0.1, 0.15) is 16.8 Å². The van der Waals surface area contributed by atoms with Crippen LogP contribution in [0.15, 0.2) is 54.7 Å². The summed E-state index contributed by atoms with van der Waals surface area (Å²) in [7, 11) is 0. The number of hydrogen-bond acceptors (Lipinski definition) is 3. The fraction of sp³-hybridized carbons (Fsp3) is 0.0800. The third-order valence-electron chi connectivity index (χ3n) is 5.85. The standard InChI is InChI=1S/C25H12Cl2F5N3O2/c26-17-2-1-12(28)8-16(17)21-20-18(9-15-14(3-4-33-22(15)27)19(20)24(37)35-21)34-23(36)10-5-11(25(30,31)32)7-13(29)6-10/h1-9,21H,(H,34,36)(H,35,37). The summed E-state index contributed by atoms with van der Waals surface area (Å²) in [5.41, 5.74) is -1.57. The van der Waals surface area contributed by atoms with Crippen LogP contribution in [0.1, 0.15) is 43.4 Å². The molecule has 12 heteroatoms. The molecule has 0 spiro atoms. The van der Waals surface area contributed by atoms with Crippen LogP contribution in [0.3, 0.4) is 0 Å². The van der Waals surface area contributed by atoms with E-state index in [2.05, 4.69) is 15.6 Å². The molecule has 1 atom stereocenters. The number of carbonyl (C=O) groups excluding carboxylic acids is 2. The summed E-state index contributed by atoms with van der Waals surface area (Å²) in [4.78, 5) is 30.1. The molecule has 0 saturated heterocycles. The number of rotatable bonds is 3. The average Bonchev–Trinajstić information content (AvgIpc) is 3.18. The van der Waals surface area contributed by atoms with E-state index in [1.165, 1.54) is 24.4 Å². The molecular formula is C25H12Cl2F5N3O2. The largest absolute Gasteiger partial charge is 0.416 e. The van der Waals surface area contributed by atoms with Gasteiger partial charge in [-0.25, -0.2) is 13.8 Å². The number of pyridine rings is 1. The Morgan fingerprint density at radius 1 is 0.973 bits per heavy atom. The number of alkyl halides is 3. The van der Waals surface area contributed by atoms with Gasteiger partial charge in [-0.05, 0) is 53.9 Å². The first kappa shape index (κ1) is 24.9. The first-order valence-electron chi connectivity index (χ1n) is 10.5. The topological polar surface area (TPSA) is 71.1 Å². The van der Waals surface area contributed by atoms with Crippen LogP contribution in [0.25, 0.3) is 10.8 Å². The number of aromatic nitrogens is 1. The Bertz CT molecular complexity index is 1620. The van der Waals surface area contributed by atoms with Gasteiger partial charge in [0.15, 0.2) is 0 Å². The molecule has 0 saturated carbocycles. The van der Waals surface area contributed by atoms with Crippen molar-refractivity contribution in [3.8, 4) is 0 Å². The number of nitrogens with zero attached hydrogens (tertiary/aromatic N) is 1. The lowest BCUT2D eigenvalue weighted by atomic mass is 9.92. The predicted molar refractivity (Wildman–Crippen MR) is 127 cm³/mol. The molecule has 5 rings (SSSR count). The average molecular weight is 552 g/mol. The van der Waals surface area contributed by atoms with Crippen LogP contribution in [0.5, 0.6) is 0 Å². The molecule has 1 unspecified atom stereocenters. The van der Waals surface area contributed by atoms with Crippen molar-refractivity contribution in [3.05, 3.63) is 104 Å². The van der Waals surface area contributed by atoms with E-state index in [-0.39, 0.29) is 44.0 Å². The number of fused-ring (bicyclic) bond motifs is 3. The van der Waals surface area contributed by atoms with Gasteiger partial charge in [0, 0.05) is 39.0 Å². The highest BCUT2D eigenvalue weighted by Gasteiger charge is 2.37. The van der Waals surface area contributed by atoms with Crippen LogP contribution in [-0.2, 0) is 6.18 Å². The van der Waals surface area contributed by atoms with Crippen molar-refractivity contribution in [1.29, 1.82) is 0 Å². The summed E-state index contributed by atoms with van der Waals surface area (Å²) in [5, 5.41) is 5.87. The van der Waals surface area contributed by atoms with Gasteiger partial charge in [0.25, 0.3) is 11.8 Å². The van der Waals surface area contributed by atoms with E-state index in [0.717, 1.165) is 12.1 Å². The minimum atomic E-state index is -4.89. The minimum absolute atomic E-state index is 0.0130. The second kappa shape index (κ2) is 8.97. The van der Waals surface area contributed by atoms with E-state index in [0.29, 0.717) is 17.5 Å². The van der Waals surface area contributed by atoms with E-state index in [1.807, 2.05) is 0 Å². The fourth-order valence-corrected chi connectivity index (χ4v) is 4.72. The first-order valence-corrected chi connectivity index (χ1v) is 11.3. The molecule has 4 aromatic rings. The molecule has 0 bridgehead atoms. The zero-order valence-corrected chi connectivity index (χ0v) is 19.7. The van der Waals surface area contributed by atoms with Crippen LogP contribution >= 0.6 is 23.2 Å². The van der Waals surface area contributed by atoms with E-state index in [4.69, 9.17) is 23.2 Å². The van der Waals surface area contributed by atoms with E-state index >= 15 is 0 Å². The lowest BCUT2D eigenvalue weighted by Crippen LogP contribution is -2.21. The summed E-state index contributed by atoms with van der Waals surface area (Å²) in [5.74, 6) is -3.58. The molecular weight excluding hydrogens is 540 g/mol. The Hall–Kier alpha value is -3.76.